The van der Waals surface area contributed by atoms with Crippen LogP contribution in [-0.4, -0.2) is 26.1 Å². The fourth-order valence-corrected chi connectivity index (χ4v) is 2.63. The molecule has 26 heavy (non-hydrogen) atoms. The lowest BCUT2D eigenvalue weighted by atomic mass is 10.0. The van der Waals surface area contributed by atoms with E-state index in [2.05, 4.69) is 23.9 Å². The Morgan fingerprint density at radius 2 is 1.69 bits per heavy atom. The molecule has 2 aromatic carbocycles. The summed E-state index contributed by atoms with van der Waals surface area (Å²) in [5.41, 5.74) is 2.95. The van der Waals surface area contributed by atoms with E-state index in [4.69, 9.17) is 0 Å². The Balaban J connectivity index is 1.82. The van der Waals surface area contributed by atoms with Crippen LogP contribution in [0.4, 0.5) is 14.5 Å². The fraction of sp³-hybridized carbons (Fsp3) is 0.350. The van der Waals surface area contributed by atoms with E-state index in [9.17, 15) is 13.6 Å². The number of rotatable bonds is 8. The van der Waals surface area contributed by atoms with Crippen LogP contribution in [0.25, 0.3) is 0 Å². The van der Waals surface area contributed by atoms with E-state index in [1.165, 1.54) is 17.7 Å². The minimum atomic E-state index is -2.83. The first-order chi connectivity index (χ1) is 12.3. The summed E-state index contributed by atoms with van der Waals surface area (Å²) >= 11 is 0. The summed E-state index contributed by atoms with van der Waals surface area (Å²) in [6.07, 6.45) is 0. The molecule has 2 aromatic rings. The van der Waals surface area contributed by atoms with Gasteiger partial charge in [0.2, 0.25) is 0 Å². The van der Waals surface area contributed by atoms with Crippen molar-refractivity contribution in [3.63, 3.8) is 0 Å². The number of nitrogens with one attached hydrogen (secondary N) is 2. The summed E-state index contributed by atoms with van der Waals surface area (Å²) in [7, 11) is 1.91. The smallest absolute Gasteiger partial charge is 0.387 e. The predicted octanol–water partition coefficient (Wildman–Crippen LogP) is 3.06. The Hall–Kier alpha value is -2.47. The molecule has 1 atom stereocenters. The monoisotopic (exact) mass is 363 g/mol. The van der Waals surface area contributed by atoms with Crippen molar-refractivity contribution in [2.45, 2.75) is 32.9 Å². The average molecular weight is 363 g/mol. The average Bonchev–Trinajstić information content (AvgIpc) is 2.56. The number of anilines is 1. The molecule has 0 radical (unpaired) electrons. The standard InChI is InChI=1S/C20H24F2N2O2/c1-14(2)16-6-8-17(9-7-16)23-19(25)13-24(3)12-15-4-10-18(11-5-15)26-20(21)22/h4-11,14,20H,12-13H2,1-3H3,(H,23,25)/p+1. The lowest BCUT2D eigenvalue weighted by Gasteiger charge is -2.14. The van der Waals surface area contributed by atoms with Gasteiger partial charge in [-0.2, -0.15) is 8.78 Å². The van der Waals surface area contributed by atoms with Crippen molar-refractivity contribution >= 4 is 11.6 Å². The van der Waals surface area contributed by atoms with Crippen LogP contribution in [0.3, 0.4) is 0 Å². The Morgan fingerprint density at radius 1 is 1.08 bits per heavy atom. The van der Waals surface area contributed by atoms with Gasteiger partial charge in [-0.15, -0.1) is 0 Å². The van der Waals surface area contributed by atoms with Crippen LogP contribution < -0.4 is 15.0 Å². The number of alkyl halides is 2. The SMILES string of the molecule is CC(C)c1ccc(NC(=O)C[NH+](C)Cc2ccc(OC(F)F)cc2)cc1. The number of ether oxygens (including phenoxy) is 1. The van der Waals surface area contributed by atoms with Crippen molar-refractivity contribution in [2.75, 3.05) is 18.9 Å². The second-order valence-electron chi connectivity index (χ2n) is 6.66. The Kier molecular flexibility index (Phi) is 7.09. The van der Waals surface area contributed by atoms with Crippen molar-refractivity contribution in [3.05, 3.63) is 59.7 Å². The van der Waals surface area contributed by atoms with Crippen LogP contribution in [0.15, 0.2) is 48.5 Å². The van der Waals surface area contributed by atoms with Gasteiger partial charge in [0, 0.05) is 11.3 Å². The number of quaternary nitrogens is 1. The molecular weight excluding hydrogens is 338 g/mol. The largest absolute Gasteiger partial charge is 0.435 e. The third-order valence-electron chi connectivity index (χ3n) is 3.98. The van der Waals surface area contributed by atoms with Crippen molar-refractivity contribution in [3.8, 4) is 5.75 Å². The number of likely N-dealkylation sites (N-methyl/N-ethyl adjacent to an activating group) is 1. The first-order valence-electron chi connectivity index (χ1n) is 8.58. The molecule has 0 heterocycles. The predicted molar refractivity (Wildman–Crippen MR) is 97.7 cm³/mol. The van der Waals surface area contributed by atoms with E-state index in [0.29, 0.717) is 19.0 Å². The molecule has 2 rings (SSSR count). The number of amides is 1. The summed E-state index contributed by atoms with van der Waals surface area (Å²) in [6.45, 7) is 2.33. The van der Waals surface area contributed by atoms with Gasteiger partial charge in [-0.3, -0.25) is 4.79 Å². The van der Waals surface area contributed by atoms with Gasteiger partial charge < -0.3 is 15.0 Å². The van der Waals surface area contributed by atoms with Gasteiger partial charge in [-0.1, -0.05) is 26.0 Å². The lowest BCUT2D eigenvalue weighted by molar-refractivity contribution is -0.885. The van der Waals surface area contributed by atoms with E-state index in [1.54, 1.807) is 12.1 Å². The van der Waals surface area contributed by atoms with E-state index >= 15 is 0 Å². The number of carbonyl (C=O) groups is 1. The molecule has 6 heteroatoms. The van der Waals surface area contributed by atoms with Gasteiger partial charge in [0.15, 0.2) is 6.54 Å². The minimum absolute atomic E-state index is 0.0718. The van der Waals surface area contributed by atoms with E-state index < -0.39 is 6.61 Å². The Labute approximate surface area is 152 Å². The molecule has 1 amide bonds. The normalized spacial score (nSPS) is 12.3. The van der Waals surface area contributed by atoms with Crippen LogP contribution in [0.1, 0.15) is 30.9 Å². The fourth-order valence-electron chi connectivity index (χ4n) is 2.63. The highest BCUT2D eigenvalue weighted by atomic mass is 19.3. The number of hydrogen-bond donors (Lipinski definition) is 2. The van der Waals surface area contributed by atoms with Gasteiger partial charge in [0.05, 0.1) is 7.05 Å². The van der Waals surface area contributed by atoms with E-state index in [0.717, 1.165) is 16.2 Å². The van der Waals surface area contributed by atoms with Crippen LogP contribution in [0, 0.1) is 0 Å². The summed E-state index contributed by atoms with van der Waals surface area (Å²) in [5, 5.41) is 2.89. The summed E-state index contributed by atoms with van der Waals surface area (Å²) in [4.78, 5) is 13.2. The minimum Gasteiger partial charge on any atom is -0.435 e. The highest BCUT2D eigenvalue weighted by Gasteiger charge is 2.12. The molecule has 0 aliphatic heterocycles. The number of hydrogen-bond acceptors (Lipinski definition) is 2. The number of carbonyl (C=O) groups excluding carboxylic acids is 1. The van der Waals surface area contributed by atoms with Gasteiger partial charge >= 0.3 is 6.61 Å². The molecule has 4 nitrogen and oxygen atoms in total. The van der Waals surface area contributed by atoms with Crippen LogP contribution in [0.5, 0.6) is 5.75 Å². The molecule has 0 spiro atoms. The molecule has 140 valence electrons. The molecule has 2 N–H and O–H groups in total. The molecule has 0 saturated carbocycles. The van der Waals surface area contributed by atoms with Gasteiger partial charge in [0.25, 0.3) is 5.91 Å². The maximum Gasteiger partial charge on any atom is 0.387 e. The van der Waals surface area contributed by atoms with Crippen LogP contribution in [0.2, 0.25) is 0 Å². The number of halogens is 2. The zero-order valence-electron chi connectivity index (χ0n) is 15.3. The molecular formula is C20H25F2N2O2+. The van der Waals surface area contributed by atoms with E-state index in [-0.39, 0.29) is 11.7 Å². The van der Waals surface area contributed by atoms with E-state index in [1.807, 2.05) is 31.3 Å². The zero-order valence-corrected chi connectivity index (χ0v) is 15.3. The van der Waals surface area contributed by atoms with Gasteiger partial charge in [0.1, 0.15) is 12.3 Å². The first-order valence-corrected chi connectivity index (χ1v) is 8.58. The van der Waals surface area contributed by atoms with Crippen molar-refractivity contribution in [2.24, 2.45) is 0 Å². The maximum absolute atomic E-state index is 12.2. The molecule has 0 aromatic heterocycles. The van der Waals surface area contributed by atoms with Gasteiger partial charge in [-0.05, 0) is 47.9 Å². The zero-order chi connectivity index (χ0) is 19.1. The highest BCUT2D eigenvalue weighted by molar-refractivity contribution is 5.91. The quantitative estimate of drug-likeness (QED) is 0.757. The lowest BCUT2D eigenvalue weighted by Crippen LogP contribution is -3.08. The molecule has 0 aliphatic carbocycles. The second kappa shape index (κ2) is 9.29. The third-order valence-corrected chi connectivity index (χ3v) is 3.98. The topological polar surface area (TPSA) is 42.8 Å². The van der Waals surface area contributed by atoms with Crippen LogP contribution in [-0.2, 0) is 11.3 Å². The highest BCUT2D eigenvalue weighted by Crippen LogP contribution is 2.17. The number of benzene rings is 2. The maximum atomic E-state index is 12.2. The summed E-state index contributed by atoms with van der Waals surface area (Å²) in [6, 6.07) is 14.3. The summed E-state index contributed by atoms with van der Waals surface area (Å²) < 4.78 is 28.6. The van der Waals surface area contributed by atoms with Gasteiger partial charge in [-0.25, -0.2) is 0 Å². The molecule has 0 bridgehead atoms. The molecule has 0 aliphatic rings. The molecule has 1 unspecified atom stereocenters. The van der Waals surface area contributed by atoms with Crippen molar-refractivity contribution in [1.82, 2.24) is 0 Å². The third kappa shape index (κ3) is 6.44. The first kappa shape index (κ1) is 19.8. The Bertz CT molecular complexity index is 701. The molecule has 0 saturated heterocycles. The Morgan fingerprint density at radius 3 is 2.23 bits per heavy atom. The summed E-state index contributed by atoms with van der Waals surface area (Å²) in [5.74, 6) is 0.509. The second-order valence-corrected chi connectivity index (χ2v) is 6.66. The van der Waals surface area contributed by atoms with Crippen LogP contribution >= 0.6 is 0 Å². The van der Waals surface area contributed by atoms with Crippen molar-refractivity contribution in [1.29, 1.82) is 0 Å². The van der Waals surface area contributed by atoms with Crippen molar-refractivity contribution < 1.29 is 23.2 Å². The molecule has 0 fully saturated rings.